The predicted molar refractivity (Wildman–Crippen MR) is 60.3 cm³/mol. The summed E-state index contributed by atoms with van der Waals surface area (Å²) in [4.78, 5) is 17.2. The van der Waals surface area contributed by atoms with E-state index in [2.05, 4.69) is 11.9 Å². The minimum absolute atomic E-state index is 0.0141. The Balaban J connectivity index is 2.40. The zero-order valence-electron chi connectivity index (χ0n) is 9.28. The van der Waals surface area contributed by atoms with E-state index < -0.39 is 0 Å². The van der Waals surface area contributed by atoms with Gasteiger partial charge in [0.15, 0.2) is 5.96 Å². The minimum atomic E-state index is -0.196. The second kappa shape index (κ2) is 5.58. The first kappa shape index (κ1) is 11.8. The molecule has 0 aromatic carbocycles. The number of hydrogen-bond donors (Lipinski definition) is 2. The van der Waals surface area contributed by atoms with Crippen molar-refractivity contribution in [2.75, 3.05) is 19.6 Å². The van der Waals surface area contributed by atoms with Crippen molar-refractivity contribution in [1.82, 2.24) is 4.90 Å². The second-order valence-corrected chi connectivity index (χ2v) is 3.90. The summed E-state index contributed by atoms with van der Waals surface area (Å²) in [5.74, 6) is 0.415. The molecule has 1 amide bonds. The van der Waals surface area contributed by atoms with Crippen molar-refractivity contribution in [1.29, 1.82) is 0 Å². The summed E-state index contributed by atoms with van der Waals surface area (Å²) in [6, 6.07) is 0. The fourth-order valence-electron chi connectivity index (χ4n) is 1.72. The average molecular weight is 212 g/mol. The summed E-state index contributed by atoms with van der Waals surface area (Å²) in [6.07, 6.45) is 2.58. The molecule has 0 aromatic heterocycles. The fraction of sp³-hybridized carbons (Fsp3) is 0.800. The first-order valence-electron chi connectivity index (χ1n) is 5.49. The molecule has 1 fully saturated rings. The summed E-state index contributed by atoms with van der Waals surface area (Å²) in [7, 11) is 0. The predicted octanol–water partition coefficient (Wildman–Crippen LogP) is -0.0916. The van der Waals surface area contributed by atoms with E-state index in [0.717, 1.165) is 38.9 Å². The molecule has 1 aliphatic rings. The number of nitrogens with two attached hydrogens (primary N) is 2. The lowest BCUT2D eigenvalue weighted by Crippen LogP contribution is -2.45. The normalized spacial score (nSPS) is 19.3. The topological polar surface area (TPSA) is 84.7 Å². The van der Waals surface area contributed by atoms with Crippen molar-refractivity contribution in [2.45, 2.75) is 26.2 Å². The van der Waals surface area contributed by atoms with Crippen LogP contribution in [0.25, 0.3) is 0 Å². The van der Waals surface area contributed by atoms with Gasteiger partial charge in [0.2, 0.25) is 5.91 Å². The van der Waals surface area contributed by atoms with Crippen LogP contribution in [0.15, 0.2) is 4.99 Å². The van der Waals surface area contributed by atoms with Crippen molar-refractivity contribution < 1.29 is 4.79 Å². The van der Waals surface area contributed by atoms with Gasteiger partial charge in [0.25, 0.3) is 0 Å². The Morgan fingerprint density at radius 2 is 2.00 bits per heavy atom. The molecule has 5 nitrogen and oxygen atoms in total. The highest BCUT2D eigenvalue weighted by atomic mass is 16.1. The van der Waals surface area contributed by atoms with E-state index in [1.54, 1.807) is 0 Å². The molecule has 0 bridgehead atoms. The van der Waals surface area contributed by atoms with Crippen molar-refractivity contribution >= 4 is 11.9 Å². The van der Waals surface area contributed by atoms with Crippen LogP contribution >= 0.6 is 0 Å². The maximum Gasteiger partial charge on any atom is 0.220 e. The van der Waals surface area contributed by atoms with E-state index in [1.165, 1.54) is 0 Å². The Labute approximate surface area is 90.5 Å². The van der Waals surface area contributed by atoms with E-state index in [4.69, 9.17) is 11.5 Å². The number of rotatable bonds is 3. The Kier molecular flexibility index (Phi) is 4.39. The number of piperidine rings is 1. The van der Waals surface area contributed by atoms with Crippen molar-refractivity contribution in [3.63, 3.8) is 0 Å². The number of carbonyl (C=O) groups is 1. The molecule has 86 valence electrons. The number of primary amides is 1. The second-order valence-electron chi connectivity index (χ2n) is 3.90. The van der Waals surface area contributed by atoms with Crippen LogP contribution in [-0.2, 0) is 4.79 Å². The van der Waals surface area contributed by atoms with Crippen LogP contribution < -0.4 is 11.5 Å². The Bertz CT molecular complexity index is 244. The zero-order chi connectivity index (χ0) is 11.3. The third kappa shape index (κ3) is 3.42. The van der Waals surface area contributed by atoms with Gasteiger partial charge in [-0.25, -0.2) is 0 Å². The van der Waals surface area contributed by atoms with Gasteiger partial charge in [-0.1, -0.05) is 6.92 Å². The van der Waals surface area contributed by atoms with Crippen LogP contribution in [-0.4, -0.2) is 36.4 Å². The van der Waals surface area contributed by atoms with Gasteiger partial charge in [-0.3, -0.25) is 9.79 Å². The van der Waals surface area contributed by atoms with Gasteiger partial charge in [-0.15, -0.1) is 0 Å². The minimum Gasteiger partial charge on any atom is -0.370 e. The highest BCUT2D eigenvalue weighted by Crippen LogP contribution is 2.16. The Morgan fingerprint density at radius 3 is 2.47 bits per heavy atom. The monoisotopic (exact) mass is 212 g/mol. The zero-order valence-corrected chi connectivity index (χ0v) is 9.28. The number of likely N-dealkylation sites (tertiary alicyclic amines) is 1. The van der Waals surface area contributed by atoms with Gasteiger partial charge in [0.05, 0.1) is 0 Å². The number of guanidine groups is 1. The van der Waals surface area contributed by atoms with Gasteiger partial charge < -0.3 is 16.4 Å². The van der Waals surface area contributed by atoms with Gasteiger partial charge in [-0.2, -0.15) is 0 Å². The Hall–Kier alpha value is -1.26. The smallest absolute Gasteiger partial charge is 0.220 e. The summed E-state index contributed by atoms with van der Waals surface area (Å²) in [6.45, 7) is 4.40. The van der Waals surface area contributed by atoms with Gasteiger partial charge in [-0.05, 0) is 19.3 Å². The van der Waals surface area contributed by atoms with E-state index in [9.17, 15) is 4.79 Å². The van der Waals surface area contributed by atoms with E-state index in [0.29, 0.717) is 5.96 Å². The lowest BCUT2D eigenvalue weighted by atomic mass is 9.96. The van der Waals surface area contributed by atoms with Crippen LogP contribution in [0.3, 0.4) is 0 Å². The molecule has 0 spiro atoms. The highest BCUT2D eigenvalue weighted by molar-refractivity contribution is 5.79. The summed E-state index contributed by atoms with van der Waals surface area (Å²) in [5, 5.41) is 0. The largest absolute Gasteiger partial charge is 0.370 e. The number of hydrogen-bond acceptors (Lipinski definition) is 2. The van der Waals surface area contributed by atoms with Crippen LogP contribution in [0.1, 0.15) is 26.2 Å². The molecule has 0 aromatic rings. The molecule has 1 heterocycles. The molecule has 1 saturated heterocycles. The number of amides is 1. The van der Waals surface area contributed by atoms with Gasteiger partial charge in [0, 0.05) is 25.6 Å². The summed E-state index contributed by atoms with van der Waals surface area (Å²) < 4.78 is 0. The van der Waals surface area contributed by atoms with E-state index in [-0.39, 0.29) is 11.8 Å². The molecule has 0 atom stereocenters. The van der Waals surface area contributed by atoms with Crippen molar-refractivity contribution in [3.05, 3.63) is 0 Å². The average Bonchev–Trinajstić information content (AvgIpc) is 2.26. The van der Waals surface area contributed by atoms with Crippen LogP contribution in [0.2, 0.25) is 0 Å². The van der Waals surface area contributed by atoms with Crippen molar-refractivity contribution in [3.8, 4) is 0 Å². The number of nitrogens with zero attached hydrogens (tertiary/aromatic N) is 2. The standard InChI is InChI=1S/C10H20N4O/c1-2-5-13-10(12)14-6-3-8(4-7-14)9(11)15/h8H,2-7H2,1H3,(H2,11,15)(H2,12,13). The lowest BCUT2D eigenvalue weighted by molar-refractivity contribution is -0.122. The van der Waals surface area contributed by atoms with Crippen LogP contribution in [0, 0.1) is 5.92 Å². The summed E-state index contributed by atoms with van der Waals surface area (Å²) in [5.41, 5.74) is 11.1. The van der Waals surface area contributed by atoms with Crippen molar-refractivity contribution in [2.24, 2.45) is 22.4 Å². The third-order valence-corrected chi connectivity index (χ3v) is 2.72. The molecule has 5 heteroatoms. The maximum absolute atomic E-state index is 10.9. The molecule has 0 unspecified atom stereocenters. The van der Waals surface area contributed by atoms with Gasteiger partial charge in [0.1, 0.15) is 0 Å². The molecular formula is C10H20N4O. The number of aliphatic imine (C=N–C) groups is 1. The number of carbonyl (C=O) groups excluding carboxylic acids is 1. The third-order valence-electron chi connectivity index (χ3n) is 2.72. The molecule has 0 aliphatic carbocycles. The Morgan fingerprint density at radius 1 is 1.40 bits per heavy atom. The SMILES string of the molecule is CCCN=C(N)N1CCC(C(N)=O)CC1. The molecule has 4 N–H and O–H groups in total. The molecule has 1 rings (SSSR count). The first-order chi connectivity index (χ1) is 7.15. The molecule has 0 radical (unpaired) electrons. The van der Waals surface area contributed by atoms with Crippen LogP contribution in [0.5, 0.6) is 0 Å². The molecule has 0 saturated carbocycles. The lowest BCUT2D eigenvalue weighted by Gasteiger charge is -2.31. The first-order valence-corrected chi connectivity index (χ1v) is 5.49. The summed E-state index contributed by atoms with van der Waals surface area (Å²) >= 11 is 0. The highest BCUT2D eigenvalue weighted by Gasteiger charge is 2.23. The van der Waals surface area contributed by atoms with Crippen LogP contribution in [0.4, 0.5) is 0 Å². The fourth-order valence-corrected chi connectivity index (χ4v) is 1.72. The maximum atomic E-state index is 10.9. The van der Waals surface area contributed by atoms with Gasteiger partial charge >= 0.3 is 0 Å². The molecular weight excluding hydrogens is 192 g/mol. The quantitative estimate of drug-likeness (QED) is 0.506. The molecule has 1 aliphatic heterocycles. The van der Waals surface area contributed by atoms with E-state index >= 15 is 0 Å². The van der Waals surface area contributed by atoms with E-state index in [1.807, 2.05) is 4.90 Å². The molecule has 15 heavy (non-hydrogen) atoms.